The molecule has 0 unspecified atom stereocenters. The van der Waals surface area contributed by atoms with Crippen LogP contribution in [0.2, 0.25) is 0 Å². The third kappa shape index (κ3) is 3.95. The van der Waals surface area contributed by atoms with Crippen molar-refractivity contribution in [3.05, 3.63) is 23.5 Å². The normalized spacial score (nSPS) is 16.9. The van der Waals surface area contributed by atoms with Gasteiger partial charge in [0, 0.05) is 42.8 Å². The van der Waals surface area contributed by atoms with Gasteiger partial charge in [-0.15, -0.1) is 0 Å². The third-order valence-corrected chi connectivity index (χ3v) is 4.42. The summed E-state index contributed by atoms with van der Waals surface area (Å²) in [5, 5.41) is 3.43. The number of anilines is 1. The summed E-state index contributed by atoms with van der Waals surface area (Å²) >= 11 is 0. The van der Waals surface area contributed by atoms with Gasteiger partial charge in [-0.05, 0) is 32.4 Å². The summed E-state index contributed by atoms with van der Waals surface area (Å²) in [6.45, 7) is 6.15. The van der Waals surface area contributed by atoms with E-state index in [-0.39, 0.29) is 0 Å². The van der Waals surface area contributed by atoms with E-state index in [0.29, 0.717) is 6.04 Å². The maximum Gasteiger partial charge on any atom is 0.0445 e. The number of hydrogen-bond acceptors (Lipinski definition) is 3. The van der Waals surface area contributed by atoms with Gasteiger partial charge in [0.2, 0.25) is 0 Å². The van der Waals surface area contributed by atoms with Crippen molar-refractivity contribution in [1.29, 1.82) is 0 Å². The third-order valence-electron chi connectivity index (χ3n) is 4.42. The Bertz CT molecular complexity index is 409. The lowest BCUT2D eigenvalue weighted by molar-refractivity contribution is 0.550. The van der Waals surface area contributed by atoms with Crippen molar-refractivity contribution in [3.63, 3.8) is 0 Å². The molecular weight excluding hydrogens is 246 g/mol. The maximum atomic E-state index is 4.47. The first kappa shape index (κ1) is 15.3. The number of pyridine rings is 1. The maximum absolute atomic E-state index is 4.47. The number of hydrogen-bond donors (Lipinski definition) is 1. The van der Waals surface area contributed by atoms with Crippen molar-refractivity contribution < 1.29 is 0 Å². The van der Waals surface area contributed by atoms with Gasteiger partial charge < -0.3 is 10.2 Å². The van der Waals surface area contributed by atoms with E-state index in [0.717, 1.165) is 18.8 Å². The topological polar surface area (TPSA) is 28.2 Å². The van der Waals surface area contributed by atoms with E-state index in [2.05, 4.69) is 42.2 Å². The Morgan fingerprint density at radius 3 is 2.60 bits per heavy atom. The van der Waals surface area contributed by atoms with Crippen LogP contribution in [0, 0.1) is 6.92 Å². The summed E-state index contributed by atoms with van der Waals surface area (Å²) in [6, 6.07) is 2.94. The van der Waals surface area contributed by atoms with Crippen LogP contribution < -0.4 is 10.2 Å². The molecule has 3 heteroatoms. The Morgan fingerprint density at radius 1 is 1.25 bits per heavy atom. The van der Waals surface area contributed by atoms with E-state index in [9.17, 15) is 0 Å². The molecule has 1 N–H and O–H groups in total. The first-order valence-corrected chi connectivity index (χ1v) is 8.11. The standard InChI is InChI=1S/C17H29N3/c1-4-18-12-15-13-19-14(2)11-17(15)20(3)16-9-7-5-6-8-10-16/h11,13,16,18H,4-10,12H2,1-3H3. The average Bonchev–Trinajstić information content (AvgIpc) is 2.74. The van der Waals surface area contributed by atoms with Gasteiger partial charge in [0.1, 0.15) is 0 Å². The minimum absolute atomic E-state index is 0.694. The molecule has 2 rings (SSSR count). The molecule has 1 fully saturated rings. The van der Waals surface area contributed by atoms with E-state index < -0.39 is 0 Å². The second kappa shape index (κ2) is 7.63. The monoisotopic (exact) mass is 275 g/mol. The molecule has 0 spiro atoms. The molecule has 0 amide bonds. The van der Waals surface area contributed by atoms with Gasteiger partial charge in [0.15, 0.2) is 0 Å². The molecule has 0 aromatic carbocycles. The molecule has 0 saturated heterocycles. The Balaban J connectivity index is 2.17. The van der Waals surface area contributed by atoms with Gasteiger partial charge >= 0.3 is 0 Å². The Kier molecular flexibility index (Phi) is 5.84. The zero-order valence-corrected chi connectivity index (χ0v) is 13.3. The zero-order chi connectivity index (χ0) is 14.4. The molecule has 1 aromatic heterocycles. The Hall–Kier alpha value is -1.09. The van der Waals surface area contributed by atoms with Crippen molar-refractivity contribution in [2.45, 2.75) is 65.0 Å². The number of rotatable bonds is 5. The van der Waals surface area contributed by atoms with E-state index in [1.807, 2.05) is 6.20 Å². The molecule has 1 aliphatic carbocycles. The van der Waals surface area contributed by atoms with Gasteiger partial charge in [-0.3, -0.25) is 4.98 Å². The fourth-order valence-electron chi connectivity index (χ4n) is 3.14. The van der Waals surface area contributed by atoms with Crippen molar-refractivity contribution in [2.24, 2.45) is 0 Å². The quantitative estimate of drug-likeness (QED) is 0.831. The van der Waals surface area contributed by atoms with E-state index in [1.165, 1.54) is 49.8 Å². The largest absolute Gasteiger partial charge is 0.371 e. The van der Waals surface area contributed by atoms with E-state index in [1.54, 1.807) is 0 Å². The summed E-state index contributed by atoms with van der Waals surface area (Å²) < 4.78 is 0. The Morgan fingerprint density at radius 2 is 1.95 bits per heavy atom. The molecule has 20 heavy (non-hydrogen) atoms. The van der Waals surface area contributed by atoms with Crippen LogP contribution in [0.5, 0.6) is 0 Å². The second-order valence-electron chi connectivity index (χ2n) is 5.99. The van der Waals surface area contributed by atoms with Crippen molar-refractivity contribution in [3.8, 4) is 0 Å². The molecule has 112 valence electrons. The minimum atomic E-state index is 0.694. The highest BCUT2D eigenvalue weighted by atomic mass is 15.1. The minimum Gasteiger partial charge on any atom is -0.371 e. The van der Waals surface area contributed by atoms with Crippen LogP contribution in [0.15, 0.2) is 12.3 Å². The molecular formula is C17H29N3. The summed E-state index contributed by atoms with van der Waals surface area (Å²) in [6.07, 6.45) is 10.3. The smallest absolute Gasteiger partial charge is 0.0445 e. The first-order chi connectivity index (χ1) is 9.72. The highest BCUT2D eigenvalue weighted by Gasteiger charge is 2.19. The lowest BCUT2D eigenvalue weighted by atomic mass is 10.1. The van der Waals surface area contributed by atoms with Crippen LogP contribution in [0.25, 0.3) is 0 Å². The van der Waals surface area contributed by atoms with Crippen LogP contribution in [0.4, 0.5) is 5.69 Å². The predicted octanol–water partition coefficient (Wildman–Crippen LogP) is 3.66. The van der Waals surface area contributed by atoms with E-state index >= 15 is 0 Å². The SMILES string of the molecule is CCNCc1cnc(C)cc1N(C)C1CCCCCC1. The molecule has 0 radical (unpaired) electrons. The Labute approximate surface area is 123 Å². The number of nitrogens with one attached hydrogen (secondary N) is 1. The fourth-order valence-corrected chi connectivity index (χ4v) is 3.14. The van der Waals surface area contributed by atoms with Crippen LogP contribution in [-0.2, 0) is 6.54 Å². The van der Waals surface area contributed by atoms with Gasteiger partial charge in [-0.1, -0.05) is 32.6 Å². The summed E-state index contributed by atoms with van der Waals surface area (Å²) in [4.78, 5) is 6.98. The molecule has 3 nitrogen and oxygen atoms in total. The van der Waals surface area contributed by atoms with E-state index in [4.69, 9.17) is 0 Å². The van der Waals surface area contributed by atoms with Crippen LogP contribution in [0.1, 0.15) is 56.7 Å². The summed E-state index contributed by atoms with van der Waals surface area (Å²) in [7, 11) is 2.26. The second-order valence-corrected chi connectivity index (χ2v) is 5.99. The van der Waals surface area contributed by atoms with Gasteiger partial charge in [-0.25, -0.2) is 0 Å². The van der Waals surface area contributed by atoms with Crippen LogP contribution in [-0.4, -0.2) is 24.6 Å². The van der Waals surface area contributed by atoms with Crippen molar-refractivity contribution in [1.82, 2.24) is 10.3 Å². The summed E-state index contributed by atoms with van der Waals surface area (Å²) in [5.41, 5.74) is 3.80. The number of aryl methyl sites for hydroxylation is 1. The molecule has 0 aliphatic heterocycles. The van der Waals surface area contributed by atoms with Crippen LogP contribution in [0.3, 0.4) is 0 Å². The van der Waals surface area contributed by atoms with Gasteiger partial charge in [0.05, 0.1) is 0 Å². The lowest BCUT2D eigenvalue weighted by Gasteiger charge is -2.31. The van der Waals surface area contributed by atoms with Gasteiger partial charge in [-0.2, -0.15) is 0 Å². The molecule has 0 bridgehead atoms. The zero-order valence-electron chi connectivity index (χ0n) is 13.3. The van der Waals surface area contributed by atoms with Crippen molar-refractivity contribution >= 4 is 5.69 Å². The molecule has 1 heterocycles. The first-order valence-electron chi connectivity index (χ1n) is 8.11. The van der Waals surface area contributed by atoms with Crippen molar-refractivity contribution in [2.75, 3.05) is 18.5 Å². The number of aromatic nitrogens is 1. The highest BCUT2D eigenvalue weighted by Crippen LogP contribution is 2.28. The molecule has 1 aliphatic rings. The molecule has 1 saturated carbocycles. The highest BCUT2D eigenvalue weighted by molar-refractivity contribution is 5.53. The summed E-state index contributed by atoms with van der Waals surface area (Å²) in [5.74, 6) is 0. The lowest BCUT2D eigenvalue weighted by Crippen LogP contribution is -2.32. The van der Waals surface area contributed by atoms with Crippen LogP contribution >= 0.6 is 0 Å². The fraction of sp³-hybridized carbons (Fsp3) is 0.706. The molecule has 0 atom stereocenters. The average molecular weight is 275 g/mol. The number of nitrogens with zero attached hydrogens (tertiary/aromatic N) is 2. The molecule has 1 aromatic rings. The predicted molar refractivity (Wildman–Crippen MR) is 86.2 cm³/mol. The van der Waals surface area contributed by atoms with Gasteiger partial charge in [0.25, 0.3) is 0 Å².